The minimum absolute atomic E-state index is 0.643. The first-order valence-corrected chi connectivity index (χ1v) is 6.21. The van der Waals surface area contributed by atoms with E-state index in [-0.39, 0.29) is 0 Å². The molecule has 1 aromatic rings. The third-order valence-electron chi connectivity index (χ3n) is 2.77. The Balaban J connectivity index is 2.05. The van der Waals surface area contributed by atoms with E-state index in [0.29, 0.717) is 19.1 Å². The number of nitrogens with zero attached hydrogens (tertiary/aromatic N) is 3. The number of methoxy groups -OCH3 is 1. The van der Waals surface area contributed by atoms with Crippen molar-refractivity contribution in [1.29, 1.82) is 0 Å². The molecule has 1 aliphatic rings. The Morgan fingerprint density at radius 1 is 1.39 bits per heavy atom. The summed E-state index contributed by atoms with van der Waals surface area (Å²) in [4.78, 5) is 11.1. The molecule has 0 aliphatic carbocycles. The van der Waals surface area contributed by atoms with Gasteiger partial charge in [0.2, 0.25) is 5.95 Å². The second-order valence-corrected chi connectivity index (χ2v) is 4.21. The van der Waals surface area contributed by atoms with Crippen LogP contribution in [0.25, 0.3) is 0 Å². The predicted octanol–water partition coefficient (Wildman–Crippen LogP) is 0.680. The first-order chi connectivity index (χ1) is 8.79. The van der Waals surface area contributed by atoms with Crippen molar-refractivity contribution in [2.45, 2.75) is 6.92 Å². The lowest BCUT2D eigenvalue weighted by Crippen LogP contribution is -2.37. The molecular formula is C12H20N4O2. The lowest BCUT2D eigenvalue weighted by Gasteiger charge is -2.28. The minimum Gasteiger partial charge on any atom is -0.383 e. The average Bonchev–Trinajstić information content (AvgIpc) is 2.39. The first kappa shape index (κ1) is 13.0. The van der Waals surface area contributed by atoms with E-state index >= 15 is 0 Å². The van der Waals surface area contributed by atoms with Gasteiger partial charge in [-0.05, 0) is 6.92 Å². The summed E-state index contributed by atoms with van der Waals surface area (Å²) in [6, 6.07) is 2.01. The number of ether oxygens (including phenoxy) is 2. The van der Waals surface area contributed by atoms with Crippen LogP contribution in [0.15, 0.2) is 6.07 Å². The number of hydrogen-bond acceptors (Lipinski definition) is 6. The number of anilines is 2. The van der Waals surface area contributed by atoms with Gasteiger partial charge < -0.3 is 19.7 Å². The van der Waals surface area contributed by atoms with E-state index in [1.54, 1.807) is 7.11 Å². The van der Waals surface area contributed by atoms with Crippen LogP contribution in [-0.2, 0) is 9.47 Å². The van der Waals surface area contributed by atoms with E-state index in [9.17, 15) is 0 Å². The molecule has 1 aromatic heterocycles. The summed E-state index contributed by atoms with van der Waals surface area (Å²) in [7, 11) is 1.68. The lowest BCUT2D eigenvalue weighted by atomic mass is 10.3. The minimum atomic E-state index is 0.643. The van der Waals surface area contributed by atoms with Gasteiger partial charge in [-0.1, -0.05) is 0 Å². The summed E-state index contributed by atoms with van der Waals surface area (Å²) >= 11 is 0. The molecule has 1 fully saturated rings. The Hall–Kier alpha value is -1.40. The number of hydrogen-bond donors (Lipinski definition) is 1. The zero-order chi connectivity index (χ0) is 12.8. The Bertz CT molecular complexity index is 380. The maximum atomic E-state index is 5.34. The molecule has 2 heterocycles. The van der Waals surface area contributed by atoms with Crippen molar-refractivity contribution < 1.29 is 9.47 Å². The fraction of sp³-hybridized carbons (Fsp3) is 0.667. The monoisotopic (exact) mass is 252 g/mol. The summed E-state index contributed by atoms with van der Waals surface area (Å²) in [5, 5.41) is 3.16. The zero-order valence-electron chi connectivity index (χ0n) is 11.0. The molecular weight excluding hydrogens is 232 g/mol. The van der Waals surface area contributed by atoms with Crippen LogP contribution in [0.5, 0.6) is 0 Å². The third-order valence-corrected chi connectivity index (χ3v) is 2.77. The van der Waals surface area contributed by atoms with Crippen molar-refractivity contribution in [3.63, 3.8) is 0 Å². The zero-order valence-corrected chi connectivity index (χ0v) is 11.0. The van der Waals surface area contributed by atoms with Crippen molar-refractivity contribution in [3.8, 4) is 0 Å². The van der Waals surface area contributed by atoms with Gasteiger partial charge >= 0.3 is 0 Å². The van der Waals surface area contributed by atoms with Crippen LogP contribution < -0.4 is 10.2 Å². The summed E-state index contributed by atoms with van der Waals surface area (Å²) in [5.74, 6) is 1.62. The molecule has 2 rings (SSSR count). The van der Waals surface area contributed by atoms with E-state index in [0.717, 1.165) is 37.8 Å². The van der Waals surface area contributed by atoms with E-state index in [1.165, 1.54) is 0 Å². The number of aromatic nitrogens is 2. The van der Waals surface area contributed by atoms with E-state index < -0.39 is 0 Å². The molecule has 0 aromatic carbocycles. The number of rotatable bonds is 5. The van der Waals surface area contributed by atoms with Gasteiger partial charge in [0, 0.05) is 38.5 Å². The molecule has 1 saturated heterocycles. The van der Waals surface area contributed by atoms with Gasteiger partial charge in [-0.15, -0.1) is 0 Å². The van der Waals surface area contributed by atoms with Gasteiger partial charge in [-0.25, -0.2) is 4.98 Å². The summed E-state index contributed by atoms with van der Waals surface area (Å²) in [6.45, 7) is 6.62. The Morgan fingerprint density at radius 2 is 2.17 bits per heavy atom. The number of morpholine rings is 1. The fourth-order valence-corrected chi connectivity index (χ4v) is 1.85. The fourth-order valence-electron chi connectivity index (χ4n) is 1.85. The number of nitrogens with one attached hydrogen (secondary N) is 1. The largest absolute Gasteiger partial charge is 0.383 e. The summed E-state index contributed by atoms with van der Waals surface area (Å²) in [5.41, 5.74) is 0.964. The SMILES string of the molecule is COCCNc1nc(C)cc(N2CCOCC2)n1. The Kier molecular flexibility index (Phi) is 4.72. The molecule has 0 radical (unpaired) electrons. The topological polar surface area (TPSA) is 59.5 Å². The van der Waals surface area contributed by atoms with Crippen LogP contribution in [-0.4, -0.2) is 56.5 Å². The third kappa shape index (κ3) is 3.54. The summed E-state index contributed by atoms with van der Waals surface area (Å²) in [6.07, 6.45) is 0. The highest BCUT2D eigenvalue weighted by atomic mass is 16.5. The van der Waals surface area contributed by atoms with E-state index in [1.807, 2.05) is 13.0 Å². The normalized spacial score (nSPS) is 15.8. The van der Waals surface area contributed by atoms with Crippen LogP contribution in [0, 0.1) is 6.92 Å². The van der Waals surface area contributed by atoms with Crippen molar-refractivity contribution in [1.82, 2.24) is 9.97 Å². The van der Waals surface area contributed by atoms with Gasteiger partial charge in [0.1, 0.15) is 5.82 Å². The molecule has 0 spiro atoms. The highest BCUT2D eigenvalue weighted by Crippen LogP contribution is 2.15. The van der Waals surface area contributed by atoms with Crippen LogP contribution in [0.3, 0.4) is 0 Å². The molecule has 0 saturated carbocycles. The molecule has 1 N–H and O–H groups in total. The Morgan fingerprint density at radius 3 is 2.89 bits per heavy atom. The Labute approximate surface area is 107 Å². The average molecular weight is 252 g/mol. The molecule has 0 unspecified atom stereocenters. The summed E-state index contributed by atoms with van der Waals surface area (Å²) < 4.78 is 10.3. The highest BCUT2D eigenvalue weighted by molar-refractivity contribution is 5.45. The van der Waals surface area contributed by atoms with Crippen LogP contribution >= 0.6 is 0 Å². The van der Waals surface area contributed by atoms with Crippen LogP contribution in [0.4, 0.5) is 11.8 Å². The maximum absolute atomic E-state index is 5.34. The van der Waals surface area contributed by atoms with Crippen LogP contribution in [0.1, 0.15) is 5.69 Å². The molecule has 0 amide bonds. The molecule has 0 bridgehead atoms. The lowest BCUT2D eigenvalue weighted by molar-refractivity contribution is 0.122. The number of aryl methyl sites for hydroxylation is 1. The van der Waals surface area contributed by atoms with Crippen molar-refractivity contribution in [2.24, 2.45) is 0 Å². The highest BCUT2D eigenvalue weighted by Gasteiger charge is 2.13. The molecule has 100 valence electrons. The van der Waals surface area contributed by atoms with Gasteiger partial charge in [0.15, 0.2) is 0 Å². The van der Waals surface area contributed by atoms with E-state index in [2.05, 4.69) is 20.2 Å². The smallest absolute Gasteiger partial charge is 0.224 e. The van der Waals surface area contributed by atoms with E-state index in [4.69, 9.17) is 9.47 Å². The predicted molar refractivity (Wildman–Crippen MR) is 70.2 cm³/mol. The second-order valence-electron chi connectivity index (χ2n) is 4.21. The molecule has 1 aliphatic heterocycles. The van der Waals surface area contributed by atoms with Crippen molar-refractivity contribution >= 4 is 11.8 Å². The van der Waals surface area contributed by atoms with Gasteiger partial charge in [-0.2, -0.15) is 4.98 Å². The molecule has 18 heavy (non-hydrogen) atoms. The molecule has 6 heteroatoms. The van der Waals surface area contributed by atoms with Gasteiger partial charge in [0.05, 0.1) is 19.8 Å². The van der Waals surface area contributed by atoms with Crippen molar-refractivity contribution in [2.75, 3.05) is 56.8 Å². The van der Waals surface area contributed by atoms with Gasteiger partial charge in [-0.3, -0.25) is 0 Å². The molecule has 0 atom stereocenters. The van der Waals surface area contributed by atoms with Gasteiger partial charge in [0.25, 0.3) is 0 Å². The quantitative estimate of drug-likeness (QED) is 0.778. The maximum Gasteiger partial charge on any atom is 0.224 e. The standard InChI is InChI=1S/C12H20N4O2/c1-10-9-11(16-4-7-18-8-5-16)15-12(14-10)13-3-6-17-2/h9H,3-8H2,1-2H3,(H,13,14,15). The second kappa shape index (κ2) is 6.51. The van der Waals surface area contributed by atoms with Crippen LogP contribution in [0.2, 0.25) is 0 Å². The van der Waals surface area contributed by atoms with Crippen molar-refractivity contribution in [3.05, 3.63) is 11.8 Å². The first-order valence-electron chi connectivity index (χ1n) is 6.21. The molecule has 6 nitrogen and oxygen atoms in total.